The van der Waals surface area contributed by atoms with E-state index in [1.807, 2.05) is 0 Å². The molecule has 0 saturated carbocycles. The molecule has 1 atom stereocenters. The summed E-state index contributed by atoms with van der Waals surface area (Å²) in [5.74, 6) is -0.551. The molecule has 0 bridgehead atoms. The van der Waals surface area contributed by atoms with Crippen LogP contribution < -0.4 is 5.32 Å². The van der Waals surface area contributed by atoms with Crippen LogP contribution in [0.1, 0.15) is 30.9 Å². The minimum absolute atomic E-state index is 0.136. The number of halogens is 3. The molecule has 0 aliphatic carbocycles. The van der Waals surface area contributed by atoms with E-state index in [0.29, 0.717) is 10.4 Å². The average Bonchev–Trinajstić information content (AvgIpc) is 2.37. The second kappa shape index (κ2) is 6.77. The zero-order valence-electron chi connectivity index (χ0n) is 10.9. The fraction of sp³-hybridized carbons (Fsp3) is 0.571. The monoisotopic (exact) mass is 333 g/mol. The standard InChI is InChI=1S/C14H18BrF2NO/c1-18-13(6-9-2-4-19-5-3-9)14-11(16)7-10(15)8-12(14)17/h7-9,13,18H,2-6H2,1H3. The van der Waals surface area contributed by atoms with Gasteiger partial charge >= 0.3 is 0 Å². The van der Waals surface area contributed by atoms with Gasteiger partial charge in [0.1, 0.15) is 11.6 Å². The van der Waals surface area contributed by atoms with Crippen LogP contribution >= 0.6 is 15.9 Å². The number of hydrogen-bond donors (Lipinski definition) is 1. The molecule has 1 unspecified atom stereocenters. The van der Waals surface area contributed by atoms with Crippen molar-refractivity contribution in [2.24, 2.45) is 5.92 Å². The average molecular weight is 334 g/mol. The Morgan fingerprint density at radius 3 is 2.42 bits per heavy atom. The summed E-state index contributed by atoms with van der Waals surface area (Å²) < 4.78 is 33.7. The smallest absolute Gasteiger partial charge is 0.132 e. The molecule has 1 fully saturated rings. The zero-order chi connectivity index (χ0) is 13.8. The van der Waals surface area contributed by atoms with Crippen molar-refractivity contribution in [1.29, 1.82) is 0 Å². The Morgan fingerprint density at radius 2 is 1.89 bits per heavy atom. The first-order valence-corrected chi connectivity index (χ1v) is 7.30. The molecule has 1 aliphatic rings. The maximum absolute atomic E-state index is 14.0. The molecule has 2 nitrogen and oxygen atoms in total. The van der Waals surface area contributed by atoms with Gasteiger partial charge in [0.15, 0.2) is 0 Å². The van der Waals surface area contributed by atoms with Gasteiger partial charge in [-0.3, -0.25) is 0 Å². The minimum atomic E-state index is -0.502. The number of hydrogen-bond acceptors (Lipinski definition) is 2. The Bertz CT molecular complexity index is 412. The van der Waals surface area contributed by atoms with E-state index in [-0.39, 0.29) is 11.6 Å². The number of ether oxygens (including phenoxy) is 1. The lowest BCUT2D eigenvalue weighted by molar-refractivity contribution is 0.0605. The first kappa shape index (κ1) is 14.9. The van der Waals surface area contributed by atoms with Gasteiger partial charge in [-0.05, 0) is 44.4 Å². The van der Waals surface area contributed by atoms with Crippen molar-refractivity contribution in [3.8, 4) is 0 Å². The molecule has 1 aliphatic heterocycles. The molecule has 5 heteroatoms. The Balaban J connectivity index is 2.16. The predicted molar refractivity (Wildman–Crippen MR) is 74.0 cm³/mol. The number of rotatable bonds is 4. The Hall–Kier alpha value is -0.520. The SMILES string of the molecule is CNC(CC1CCOCC1)c1c(F)cc(Br)cc1F. The highest BCUT2D eigenvalue weighted by molar-refractivity contribution is 9.10. The maximum Gasteiger partial charge on any atom is 0.132 e. The van der Waals surface area contributed by atoms with Crippen LogP contribution in [0.3, 0.4) is 0 Å². The Kier molecular flexibility index (Phi) is 5.30. The van der Waals surface area contributed by atoms with Gasteiger partial charge in [-0.25, -0.2) is 8.78 Å². The van der Waals surface area contributed by atoms with Crippen LogP contribution in [0.4, 0.5) is 8.78 Å². The minimum Gasteiger partial charge on any atom is -0.381 e. The lowest BCUT2D eigenvalue weighted by Crippen LogP contribution is -2.25. The normalized spacial score (nSPS) is 18.5. The molecule has 0 spiro atoms. The molecule has 0 aromatic heterocycles. The van der Waals surface area contributed by atoms with Gasteiger partial charge in [0, 0.05) is 29.3 Å². The van der Waals surface area contributed by atoms with Crippen LogP contribution in [-0.2, 0) is 4.74 Å². The molecular formula is C14H18BrF2NO. The van der Waals surface area contributed by atoms with E-state index < -0.39 is 11.6 Å². The van der Waals surface area contributed by atoms with E-state index in [1.165, 1.54) is 12.1 Å². The summed E-state index contributed by atoms with van der Waals surface area (Å²) in [5, 5.41) is 3.03. The summed E-state index contributed by atoms with van der Waals surface area (Å²) in [5.41, 5.74) is 0.136. The van der Waals surface area contributed by atoms with Crippen molar-refractivity contribution in [1.82, 2.24) is 5.32 Å². The molecule has 1 aromatic rings. The molecule has 2 rings (SSSR count). The second-order valence-electron chi connectivity index (χ2n) is 4.92. The quantitative estimate of drug-likeness (QED) is 0.904. The van der Waals surface area contributed by atoms with Gasteiger partial charge in [0.25, 0.3) is 0 Å². The van der Waals surface area contributed by atoms with E-state index >= 15 is 0 Å². The van der Waals surface area contributed by atoms with Crippen LogP contribution in [0.5, 0.6) is 0 Å². The Morgan fingerprint density at radius 1 is 1.32 bits per heavy atom. The second-order valence-corrected chi connectivity index (χ2v) is 5.83. The van der Waals surface area contributed by atoms with E-state index in [9.17, 15) is 8.78 Å². The van der Waals surface area contributed by atoms with Crippen LogP contribution in [0, 0.1) is 17.6 Å². The summed E-state index contributed by atoms with van der Waals surface area (Å²) in [7, 11) is 1.74. The fourth-order valence-corrected chi connectivity index (χ4v) is 2.98. The Labute approximate surface area is 120 Å². The van der Waals surface area contributed by atoms with Crippen molar-refractivity contribution in [2.45, 2.75) is 25.3 Å². The van der Waals surface area contributed by atoms with Crippen LogP contribution in [-0.4, -0.2) is 20.3 Å². The maximum atomic E-state index is 14.0. The number of benzene rings is 1. The van der Waals surface area contributed by atoms with Crippen molar-refractivity contribution in [3.63, 3.8) is 0 Å². The molecule has 1 saturated heterocycles. The molecule has 106 valence electrons. The summed E-state index contributed by atoms with van der Waals surface area (Å²) in [6.45, 7) is 1.48. The van der Waals surface area contributed by atoms with E-state index in [4.69, 9.17) is 4.74 Å². The molecule has 19 heavy (non-hydrogen) atoms. The highest BCUT2D eigenvalue weighted by atomic mass is 79.9. The largest absolute Gasteiger partial charge is 0.381 e. The van der Waals surface area contributed by atoms with Gasteiger partial charge in [-0.15, -0.1) is 0 Å². The van der Waals surface area contributed by atoms with Crippen molar-refractivity contribution < 1.29 is 13.5 Å². The fourth-order valence-electron chi connectivity index (χ4n) is 2.58. The molecule has 0 radical (unpaired) electrons. The van der Waals surface area contributed by atoms with Gasteiger partial charge in [0.05, 0.1) is 0 Å². The van der Waals surface area contributed by atoms with Gasteiger partial charge < -0.3 is 10.1 Å². The van der Waals surface area contributed by atoms with E-state index in [2.05, 4.69) is 21.2 Å². The highest BCUT2D eigenvalue weighted by Crippen LogP contribution is 2.31. The molecule has 1 N–H and O–H groups in total. The topological polar surface area (TPSA) is 21.3 Å². The van der Waals surface area contributed by atoms with Crippen molar-refractivity contribution in [3.05, 3.63) is 33.8 Å². The van der Waals surface area contributed by atoms with Crippen molar-refractivity contribution in [2.75, 3.05) is 20.3 Å². The summed E-state index contributed by atoms with van der Waals surface area (Å²) in [6.07, 6.45) is 2.64. The van der Waals surface area contributed by atoms with Crippen LogP contribution in [0.2, 0.25) is 0 Å². The molecular weight excluding hydrogens is 316 g/mol. The summed E-state index contributed by atoms with van der Waals surface area (Å²) in [4.78, 5) is 0. The third kappa shape index (κ3) is 3.74. The molecule has 1 heterocycles. The molecule has 0 amide bonds. The van der Waals surface area contributed by atoms with Crippen LogP contribution in [0.25, 0.3) is 0 Å². The van der Waals surface area contributed by atoms with Gasteiger partial charge in [0.2, 0.25) is 0 Å². The van der Waals surface area contributed by atoms with Gasteiger partial charge in [-0.1, -0.05) is 15.9 Å². The van der Waals surface area contributed by atoms with Gasteiger partial charge in [-0.2, -0.15) is 0 Å². The lowest BCUT2D eigenvalue weighted by atomic mass is 9.89. The van der Waals surface area contributed by atoms with Crippen molar-refractivity contribution >= 4 is 15.9 Å². The lowest BCUT2D eigenvalue weighted by Gasteiger charge is -2.27. The molecule has 1 aromatic carbocycles. The highest BCUT2D eigenvalue weighted by Gasteiger charge is 2.24. The zero-order valence-corrected chi connectivity index (χ0v) is 12.5. The third-order valence-electron chi connectivity index (χ3n) is 3.65. The first-order valence-electron chi connectivity index (χ1n) is 6.51. The van der Waals surface area contributed by atoms with E-state index in [1.54, 1.807) is 7.05 Å². The first-order chi connectivity index (χ1) is 9.11. The summed E-state index contributed by atoms with van der Waals surface area (Å²) >= 11 is 3.10. The number of nitrogens with one attached hydrogen (secondary N) is 1. The third-order valence-corrected chi connectivity index (χ3v) is 4.11. The predicted octanol–water partition coefficient (Wildman–Crippen LogP) is 3.80. The van der Waals surface area contributed by atoms with E-state index in [0.717, 1.165) is 32.5 Å². The summed E-state index contributed by atoms with van der Waals surface area (Å²) in [6, 6.07) is 2.33. The van der Waals surface area contributed by atoms with Crippen LogP contribution in [0.15, 0.2) is 16.6 Å².